The summed E-state index contributed by atoms with van der Waals surface area (Å²) in [6.45, 7) is 3.38. The third kappa shape index (κ3) is 4.72. The van der Waals surface area contributed by atoms with E-state index in [0.717, 1.165) is 23.4 Å². The lowest BCUT2D eigenvalue weighted by molar-refractivity contribution is -0.136. The maximum atomic E-state index is 12.1. The molecule has 1 fully saturated rings. The molecule has 5 heteroatoms. The van der Waals surface area contributed by atoms with Gasteiger partial charge in [-0.3, -0.25) is 9.00 Å². The summed E-state index contributed by atoms with van der Waals surface area (Å²) >= 11 is 0. The first-order chi connectivity index (χ1) is 9.65. The maximum Gasteiger partial charge on any atom is 0.307 e. The zero-order valence-corrected chi connectivity index (χ0v) is 12.4. The predicted octanol–water partition coefficient (Wildman–Crippen LogP) is 1.91. The average Bonchev–Trinajstić information content (AvgIpc) is 2.92. The number of carbonyl (C=O) groups is 1. The molecule has 1 unspecified atom stereocenters. The lowest BCUT2D eigenvalue weighted by Gasteiger charge is -2.13. The second-order valence-corrected chi connectivity index (χ2v) is 6.74. The van der Waals surface area contributed by atoms with E-state index in [1.165, 1.54) is 25.9 Å². The molecule has 2 rings (SSSR count). The summed E-state index contributed by atoms with van der Waals surface area (Å²) in [5.74, 6) is -0.168. The van der Waals surface area contributed by atoms with Crippen LogP contribution in [0.4, 0.5) is 0 Å². The van der Waals surface area contributed by atoms with E-state index in [0.29, 0.717) is 5.75 Å². The fourth-order valence-electron chi connectivity index (χ4n) is 2.48. The van der Waals surface area contributed by atoms with Gasteiger partial charge in [0.15, 0.2) is 0 Å². The topological polar surface area (TPSA) is 57.6 Å². The monoisotopic (exact) mass is 295 g/mol. The normalized spacial score (nSPS) is 17.2. The second-order valence-electron chi connectivity index (χ2n) is 5.17. The quantitative estimate of drug-likeness (QED) is 0.835. The minimum Gasteiger partial charge on any atom is -0.481 e. The number of aliphatic carboxylic acids is 1. The Hall–Kier alpha value is -1.20. The van der Waals surface area contributed by atoms with E-state index in [4.69, 9.17) is 5.11 Å². The predicted molar refractivity (Wildman–Crippen MR) is 79.3 cm³/mol. The van der Waals surface area contributed by atoms with Gasteiger partial charge >= 0.3 is 5.97 Å². The van der Waals surface area contributed by atoms with Crippen LogP contribution < -0.4 is 0 Å². The fourth-order valence-corrected chi connectivity index (χ4v) is 3.54. The number of hydrogen-bond acceptors (Lipinski definition) is 3. The van der Waals surface area contributed by atoms with Gasteiger partial charge in [-0.15, -0.1) is 0 Å². The second kappa shape index (κ2) is 7.55. The van der Waals surface area contributed by atoms with Crippen molar-refractivity contribution in [3.8, 4) is 0 Å². The Bertz CT molecular complexity index is 467. The highest BCUT2D eigenvalue weighted by Gasteiger charge is 2.11. The van der Waals surface area contributed by atoms with Gasteiger partial charge in [-0.25, -0.2) is 0 Å². The fraction of sp³-hybridized carbons (Fsp3) is 0.533. The van der Waals surface area contributed by atoms with Crippen LogP contribution in [-0.4, -0.2) is 45.6 Å². The van der Waals surface area contributed by atoms with Crippen molar-refractivity contribution >= 4 is 16.8 Å². The van der Waals surface area contributed by atoms with Crippen molar-refractivity contribution in [2.75, 3.05) is 25.4 Å². The Labute approximate surface area is 122 Å². The summed E-state index contributed by atoms with van der Waals surface area (Å²) < 4.78 is 12.1. The van der Waals surface area contributed by atoms with Gasteiger partial charge in [-0.05, 0) is 56.6 Å². The summed E-state index contributed by atoms with van der Waals surface area (Å²) in [6, 6.07) is 7.07. The van der Waals surface area contributed by atoms with Crippen molar-refractivity contribution in [3.05, 3.63) is 29.8 Å². The molecule has 1 heterocycles. The molecule has 1 saturated heterocycles. The number of hydrogen-bond donors (Lipinski definition) is 1. The third-order valence-electron chi connectivity index (χ3n) is 3.54. The van der Waals surface area contributed by atoms with Crippen molar-refractivity contribution in [1.29, 1.82) is 0 Å². The van der Waals surface area contributed by atoms with Gasteiger partial charge in [-0.2, -0.15) is 0 Å². The highest BCUT2D eigenvalue weighted by Crippen LogP contribution is 2.12. The zero-order chi connectivity index (χ0) is 14.4. The van der Waals surface area contributed by atoms with Crippen LogP contribution in [0, 0.1) is 0 Å². The molecule has 4 nitrogen and oxygen atoms in total. The van der Waals surface area contributed by atoms with Gasteiger partial charge in [0.25, 0.3) is 0 Å². The molecule has 0 amide bonds. The molecule has 0 radical (unpaired) electrons. The Morgan fingerprint density at radius 3 is 2.45 bits per heavy atom. The average molecular weight is 295 g/mol. The smallest absolute Gasteiger partial charge is 0.307 e. The molecule has 0 aromatic heterocycles. The number of carboxylic acids is 1. The van der Waals surface area contributed by atoms with Crippen molar-refractivity contribution in [1.82, 2.24) is 4.90 Å². The standard InChI is InChI=1S/C15H21NO3S/c17-15(18)12-13-4-6-14(7-5-13)20(19)11-3-10-16-8-1-2-9-16/h4-7H,1-3,8-12H2,(H,17,18). The minimum absolute atomic E-state index is 0.0157. The summed E-state index contributed by atoms with van der Waals surface area (Å²) in [5.41, 5.74) is 0.746. The Morgan fingerprint density at radius 2 is 1.85 bits per heavy atom. The van der Waals surface area contributed by atoms with Crippen LogP contribution in [0.25, 0.3) is 0 Å². The Kier molecular flexibility index (Phi) is 5.73. The van der Waals surface area contributed by atoms with E-state index in [1.54, 1.807) is 24.3 Å². The molecule has 110 valence electrons. The molecule has 1 atom stereocenters. The lowest BCUT2D eigenvalue weighted by Crippen LogP contribution is -2.21. The minimum atomic E-state index is -0.978. The zero-order valence-electron chi connectivity index (χ0n) is 11.6. The van der Waals surface area contributed by atoms with Crippen LogP contribution >= 0.6 is 0 Å². The molecule has 1 aromatic rings. The highest BCUT2D eigenvalue weighted by molar-refractivity contribution is 7.85. The first-order valence-electron chi connectivity index (χ1n) is 7.06. The van der Waals surface area contributed by atoms with Gasteiger partial charge in [0.2, 0.25) is 0 Å². The van der Waals surface area contributed by atoms with Crippen LogP contribution in [-0.2, 0) is 22.0 Å². The van der Waals surface area contributed by atoms with Gasteiger partial charge in [-0.1, -0.05) is 12.1 Å². The van der Waals surface area contributed by atoms with E-state index in [2.05, 4.69) is 4.90 Å². The van der Waals surface area contributed by atoms with E-state index in [1.807, 2.05) is 0 Å². The molecule has 1 aliphatic heterocycles. The molecule has 20 heavy (non-hydrogen) atoms. The number of nitrogens with zero attached hydrogens (tertiary/aromatic N) is 1. The molecular formula is C15H21NO3S. The van der Waals surface area contributed by atoms with Crippen molar-refractivity contribution in [2.45, 2.75) is 30.6 Å². The van der Waals surface area contributed by atoms with Crippen LogP contribution in [0.2, 0.25) is 0 Å². The molecule has 0 spiro atoms. The summed E-state index contributed by atoms with van der Waals surface area (Å²) in [6.07, 6.45) is 3.54. The number of benzene rings is 1. The van der Waals surface area contributed by atoms with Crippen LogP contribution in [0.3, 0.4) is 0 Å². The summed E-state index contributed by atoms with van der Waals surface area (Å²) in [7, 11) is -0.978. The molecule has 0 saturated carbocycles. The molecule has 0 aliphatic carbocycles. The van der Waals surface area contributed by atoms with E-state index >= 15 is 0 Å². The molecular weight excluding hydrogens is 274 g/mol. The molecule has 1 N–H and O–H groups in total. The number of rotatable bonds is 7. The largest absolute Gasteiger partial charge is 0.481 e. The van der Waals surface area contributed by atoms with E-state index < -0.39 is 16.8 Å². The van der Waals surface area contributed by atoms with Crippen LogP contribution in [0.5, 0.6) is 0 Å². The van der Waals surface area contributed by atoms with Crippen molar-refractivity contribution < 1.29 is 14.1 Å². The Morgan fingerprint density at radius 1 is 1.20 bits per heavy atom. The van der Waals surface area contributed by atoms with Crippen LogP contribution in [0.15, 0.2) is 29.2 Å². The number of carboxylic acid groups (broad SMARTS) is 1. The maximum absolute atomic E-state index is 12.1. The highest BCUT2D eigenvalue weighted by atomic mass is 32.2. The van der Waals surface area contributed by atoms with Gasteiger partial charge in [0, 0.05) is 10.6 Å². The van der Waals surface area contributed by atoms with Gasteiger partial charge < -0.3 is 10.0 Å². The summed E-state index contributed by atoms with van der Waals surface area (Å²) in [5, 5.41) is 8.70. The van der Waals surface area contributed by atoms with Crippen molar-refractivity contribution in [2.24, 2.45) is 0 Å². The first-order valence-corrected chi connectivity index (χ1v) is 8.38. The summed E-state index contributed by atoms with van der Waals surface area (Å²) in [4.78, 5) is 13.8. The Balaban J connectivity index is 1.78. The van der Waals surface area contributed by atoms with Gasteiger partial charge in [0.05, 0.1) is 17.2 Å². The van der Waals surface area contributed by atoms with E-state index in [9.17, 15) is 9.00 Å². The van der Waals surface area contributed by atoms with E-state index in [-0.39, 0.29) is 6.42 Å². The van der Waals surface area contributed by atoms with Gasteiger partial charge in [0.1, 0.15) is 0 Å². The molecule has 1 aliphatic rings. The third-order valence-corrected chi connectivity index (χ3v) is 5.00. The molecule has 1 aromatic carbocycles. The van der Waals surface area contributed by atoms with Crippen molar-refractivity contribution in [3.63, 3.8) is 0 Å². The first kappa shape index (κ1) is 15.2. The number of likely N-dealkylation sites (tertiary alicyclic amines) is 1. The molecule has 0 bridgehead atoms. The van der Waals surface area contributed by atoms with Crippen LogP contribution in [0.1, 0.15) is 24.8 Å². The lowest BCUT2D eigenvalue weighted by atomic mass is 10.2. The SMILES string of the molecule is O=C(O)Cc1ccc(S(=O)CCCN2CCCC2)cc1.